The van der Waals surface area contributed by atoms with E-state index in [1.165, 1.54) is 32.5 Å². The van der Waals surface area contributed by atoms with Crippen LogP contribution in [0, 0.1) is 5.92 Å². The van der Waals surface area contributed by atoms with Crippen LogP contribution in [-0.2, 0) is 0 Å². The van der Waals surface area contributed by atoms with Crippen molar-refractivity contribution in [1.29, 1.82) is 0 Å². The molecule has 1 aliphatic rings. The van der Waals surface area contributed by atoms with Crippen LogP contribution in [0.5, 0.6) is 11.5 Å². The zero-order valence-electron chi connectivity index (χ0n) is 13.7. The van der Waals surface area contributed by atoms with Gasteiger partial charge in [0.15, 0.2) is 11.5 Å². The second-order valence-corrected chi connectivity index (χ2v) is 6.18. The number of methoxy groups -OCH3 is 2. The SMILES string of the molecule is COc1ccc(NC2CCN(CC(C)C)CC2)cc1OC. The molecule has 1 saturated heterocycles. The first kappa shape index (κ1) is 16.0. The summed E-state index contributed by atoms with van der Waals surface area (Å²) in [6, 6.07) is 6.57. The monoisotopic (exact) mass is 292 g/mol. The highest BCUT2D eigenvalue weighted by atomic mass is 16.5. The van der Waals surface area contributed by atoms with Crippen molar-refractivity contribution in [3.8, 4) is 11.5 Å². The summed E-state index contributed by atoms with van der Waals surface area (Å²) in [5.74, 6) is 2.30. The Morgan fingerprint density at radius 1 is 1.14 bits per heavy atom. The highest BCUT2D eigenvalue weighted by molar-refractivity contribution is 5.55. The molecule has 0 bridgehead atoms. The molecule has 21 heavy (non-hydrogen) atoms. The van der Waals surface area contributed by atoms with Crippen LogP contribution in [0.4, 0.5) is 5.69 Å². The van der Waals surface area contributed by atoms with Gasteiger partial charge in [-0.2, -0.15) is 0 Å². The van der Waals surface area contributed by atoms with Gasteiger partial charge in [-0.05, 0) is 30.9 Å². The van der Waals surface area contributed by atoms with Crippen LogP contribution >= 0.6 is 0 Å². The van der Waals surface area contributed by atoms with Gasteiger partial charge in [0.2, 0.25) is 0 Å². The van der Waals surface area contributed by atoms with E-state index in [9.17, 15) is 0 Å². The van der Waals surface area contributed by atoms with Crippen molar-refractivity contribution in [2.45, 2.75) is 32.7 Å². The lowest BCUT2D eigenvalue weighted by Crippen LogP contribution is -2.40. The van der Waals surface area contributed by atoms with Crippen LogP contribution in [0.3, 0.4) is 0 Å². The first-order chi connectivity index (χ1) is 10.1. The number of piperidine rings is 1. The van der Waals surface area contributed by atoms with Crippen LogP contribution < -0.4 is 14.8 Å². The van der Waals surface area contributed by atoms with Gasteiger partial charge in [0.05, 0.1) is 14.2 Å². The standard InChI is InChI=1S/C17H28N2O2/c1-13(2)12-19-9-7-14(8-10-19)18-15-5-6-16(20-3)17(11-15)21-4/h5-6,11,13-14,18H,7-10,12H2,1-4H3. The number of hydrogen-bond acceptors (Lipinski definition) is 4. The summed E-state index contributed by atoms with van der Waals surface area (Å²) in [4.78, 5) is 2.57. The van der Waals surface area contributed by atoms with Crippen LogP contribution in [-0.4, -0.2) is 44.8 Å². The molecule has 1 fully saturated rings. The van der Waals surface area contributed by atoms with E-state index in [2.05, 4.69) is 30.1 Å². The summed E-state index contributed by atoms with van der Waals surface area (Å²) >= 11 is 0. The third-order valence-electron chi connectivity index (χ3n) is 3.97. The van der Waals surface area contributed by atoms with E-state index in [1.807, 2.05) is 12.1 Å². The number of nitrogens with zero attached hydrogens (tertiary/aromatic N) is 1. The lowest BCUT2D eigenvalue weighted by Gasteiger charge is -2.33. The van der Waals surface area contributed by atoms with Gasteiger partial charge in [-0.3, -0.25) is 0 Å². The Labute approximate surface area is 128 Å². The molecule has 0 spiro atoms. The van der Waals surface area contributed by atoms with Gasteiger partial charge in [0.25, 0.3) is 0 Å². The molecule has 1 aromatic rings. The Kier molecular flexibility index (Phi) is 5.74. The van der Waals surface area contributed by atoms with Crippen LogP contribution in [0.2, 0.25) is 0 Å². The third-order valence-corrected chi connectivity index (χ3v) is 3.97. The van der Waals surface area contributed by atoms with Crippen molar-refractivity contribution >= 4 is 5.69 Å². The van der Waals surface area contributed by atoms with Crippen LogP contribution in [0.1, 0.15) is 26.7 Å². The first-order valence-electron chi connectivity index (χ1n) is 7.83. The van der Waals surface area contributed by atoms with Gasteiger partial charge >= 0.3 is 0 Å². The normalized spacial score (nSPS) is 17.0. The van der Waals surface area contributed by atoms with Crippen molar-refractivity contribution in [2.75, 3.05) is 39.2 Å². The Bertz CT molecular complexity index is 440. The van der Waals surface area contributed by atoms with Crippen LogP contribution in [0.15, 0.2) is 18.2 Å². The lowest BCUT2D eigenvalue weighted by molar-refractivity contribution is 0.198. The van der Waals surface area contributed by atoms with Gasteiger partial charge in [0, 0.05) is 37.4 Å². The smallest absolute Gasteiger partial charge is 0.162 e. The quantitative estimate of drug-likeness (QED) is 0.873. The number of hydrogen-bond donors (Lipinski definition) is 1. The number of rotatable bonds is 6. The van der Waals surface area contributed by atoms with E-state index in [4.69, 9.17) is 9.47 Å². The van der Waals surface area contributed by atoms with Crippen molar-refractivity contribution in [3.63, 3.8) is 0 Å². The fourth-order valence-electron chi connectivity index (χ4n) is 2.94. The average Bonchev–Trinajstić information content (AvgIpc) is 2.48. The number of likely N-dealkylation sites (tertiary alicyclic amines) is 1. The molecule has 1 N–H and O–H groups in total. The Morgan fingerprint density at radius 2 is 1.81 bits per heavy atom. The largest absolute Gasteiger partial charge is 0.493 e. The highest BCUT2D eigenvalue weighted by Gasteiger charge is 2.19. The summed E-state index contributed by atoms with van der Waals surface area (Å²) in [6.45, 7) is 8.15. The summed E-state index contributed by atoms with van der Waals surface area (Å²) in [5, 5.41) is 3.62. The van der Waals surface area contributed by atoms with Gasteiger partial charge in [-0.1, -0.05) is 13.8 Å². The first-order valence-corrected chi connectivity index (χ1v) is 7.83. The lowest BCUT2D eigenvalue weighted by atomic mass is 10.0. The molecule has 2 rings (SSSR count). The molecular weight excluding hydrogens is 264 g/mol. The maximum Gasteiger partial charge on any atom is 0.162 e. The van der Waals surface area contributed by atoms with E-state index in [-0.39, 0.29) is 0 Å². The van der Waals surface area contributed by atoms with E-state index in [0.29, 0.717) is 6.04 Å². The second kappa shape index (κ2) is 7.55. The maximum absolute atomic E-state index is 5.35. The Hall–Kier alpha value is -1.42. The second-order valence-electron chi connectivity index (χ2n) is 6.18. The number of benzene rings is 1. The van der Waals surface area contributed by atoms with E-state index < -0.39 is 0 Å². The van der Waals surface area contributed by atoms with Gasteiger partial charge in [0.1, 0.15) is 0 Å². The summed E-state index contributed by atoms with van der Waals surface area (Å²) in [7, 11) is 3.33. The molecule has 0 aliphatic carbocycles. The highest BCUT2D eigenvalue weighted by Crippen LogP contribution is 2.30. The average molecular weight is 292 g/mol. The van der Waals surface area contributed by atoms with Crippen molar-refractivity contribution in [2.24, 2.45) is 5.92 Å². The molecule has 0 saturated carbocycles. The Morgan fingerprint density at radius 3 is 2.38 bits per heavy atom. The molecular formula is C17H28N2O2. The zero-order valence-corrected chi connectivity index (χ0v) is 13.7. The fraction of sp³-hybridized carbons (Fsp3) is 0.647. The zero-order chi connectivity index (χ0) is 15.2. The maximum atomic E-state index is 5.35. The molecule has 118 valence electrons. The van der Waals surface area contributed by atoms with Crippen molar-refractivity contribution in [3.05, 3.63) is 18.2 Å². The predicted molar refractivity (Wildman–Crippen MR) is 87.5 cm³/mol. The minimum Gasteiger partial charge on any atom is -0.493 e. The molecule has 1 heterocycles. The minimum absolute atomic E-state index is 0.548. The topological polar surface area (TPSA) is 33.7 Å². The van der Waals surface area contributed by atoms with Gasteiger partial charge in [-0.25, -0.2) is 0 Å². The fourth-order valence-corrected chi connectivity index (χ4v) is 2.94. The summed E-state index contributed by atoms with van der Waals surface area (Å²) in [6.07, 6.45) is 2.39. The minimum atomic E-state index is 0.548. The van der Waals surface area contributed by atoms with E-state index in [0.717, 1.165) is 23.1 Å². The van der Waals surface area contributed by atoms with Crippen LogP contribution in [0.25, 0.3) is 0 Å². The number of nitrogens with one attached hydrogen (secondary N) is 1. The molecule has 0 amide bonds. The molecule has 4 nitrogen and oxygen atoms in total. The van der Waals surface area contributed by atoms with Crippen molar-refractivity contribution in [1.82, 2.24) is 4.90 Å². The predicted octanol–water partition coefficient (Wildman–Crippen LogP) is 3.24. The molecule has 0 aromatic heterocycles. The third kappa shape index (κ3) is 4.53. The van der Waals surface area contributed by atoms with E-state index in [1.54, 1.807) is 14.2 Å². The van der Waals surface area contributed by atoms with Crippen molar-refractivity contribution < 1.29 is 9.47 Å². The van der Waals surface area contributed by atoms with E-state index >= 15 is 0 Å². The number of ether oxygens (including phenoxy) is 2. The molecule has 0 atom stereocenters. The van der Waals surface area contributed by atoms with Gasteiger partial charge in [-0.15, -0.1) is 0 Å². The molecule has 0 radical (unpaired) electrons. The summed E-state index contributed by atoms with van der Waals surface area (Å²) in [5.41, 5.74) is 1.11. The molecule has 1 aliphatic heterocycles. The molecule has 1 aromatic carbocycles. The molecule has 0 unspecified atom stereocenters. The summed E-state index contributed by atoms with van der Waals surface area (Å²) < 4.78 is 10.6. The number of anilines is 1. The Balaban J connectivity index is 1.88. The van der Waals surface area contributed by atoms with Gasteiger partial charge < -0.3 is 19.7 Å². The molecule has 4 heteroatoms.